The van der Waals surface area contributed by atoms with Crippen molar-refractivity contribution < 1.29 is 14.5 Å². The van der Waals surface area contributed by atoms with Crippen molar-refractivity contribution in [1.82, 2.24) is 4.98 Å². The lowest BCUT2D eigenvalue weighted by Gasteiger charge is -2.33. The summed E-state index contributed by atoms with van der Waals surface area (Å²) in [4.78, 5) is 28.6. The molecule has 1 aromatic carbocycles. The number of amides is 1. The Bertz CT molecular complexity index is 888. The van der Waals surface area contributed by atoms with E-state index in [1.165, 1.54) is 10.9 Å². The Kier molecular flexibility index (Phi) is 6.52. The molecule has 0 radical (unpaired) electrons. The van der Waals surface area contributed by atoms with Crippen molar-refractivity contribution in [3.05, 3.63) is 45.0 Å². The van der Waals surface area contributed by atoms with Crippen LogP contribution in [0.25, 0.3) is 0 Å². The Balaban J connectivity index is 1.46. The molecule has 8 heteroatoms. The Morgan fingerprint density at radius 3 is 2.86 bits per heavy atom. The zero-order chi connectivity index (χ0) is 21.0. The van der Waals surface area contributed by atoms with Crippen molar-refractivity contribution >= 4 is 28.1 Å². The topological polar surface area (TPSA) is 94.4 Å². The number of aromatic nitrogens is 1. The monoisotopic (exact) mass is 417 g/mol. The number of hydrogen-bond donors (Lipinski definition) is 1. The largest absolute Gasteiger partial charge is 0.487 e. The number of fused-ring (bicyclic) bond motifs is 1. The first-order valence-electron chi connectivity index (χ1n) is 9.88. The van der Waals surface area contributed by atoms with Crippen LogP contribution in [-0.4, -0.2) is 22.4 Å². The predicted octanol–water partition coefficient (Wildman–Crippen LogP) is 5.00. The van der Waals surface area contributed by atoms with Gasteiger partial charge in [0.15, 0.2) is 10.9 Å². The number of nitrogens with one attached hydrogen (secondary N) is 1. The van der Waals surface area contributed by atoms with Crippen molar-refractivity contribution in [2.24, 2.45) is 11.3 Å². The molecule has 1 N–H and O–H groups in total. The van der Waals surface area contributed by atoms with Crippen LogP contribution in [0.1, 0.15) is 50.6 Å². The fourth-order valence-electron chi connectivity index (χ4n) is 3.49. The molecular weight excluding hydrogens is 390 g/mol. The number of aryl methyl sites for hydroxylation is 1. The third kappa shape index (κ3) is 5.53. The van der Waals surface area contributed by atoms with Crippen molar-refractivity contribution in [3.8, 4) is 5.75 Å². The summed E-state index contributed by atoms with van der Waals surface area (Å²) >= 11 is 1.58. The first-order valence-corrected chi connectivity index (χ1v) is 10.7. The van der Waals surface area contributed by atoms with Gasteiger partial charge >= 0.3 is 5.69 Å². The molecule has 0 aliphatic heterocycles. The van der Waals surface area contributed by atoms with Gasteiger partial charge in [0.05, 0.1) is 17.2 Å². The SMILES string of the molecule is CC(C)(C)C1CCc2nc(NC(=O)CCCOc3ccccc3[N+](=O)[O-])sc2C1. The molecule has 1 heterocycles. The van der Waals surface area contributed by atoms with Crippen LogP contribution in [-0.2, 0) is 17.6 Å². The number of nitrogens with zero attached hydrogens (tertiary/aromatic N) is 2. The molecule has 0 saturated heterocycles. The zero-order valence-corrected chi connectivity index (χ0v) is 17.9. The van der Waals surface area contributed by atoms with Gasteiger partial charge in [-0.3, -0.25) is 14.9 Å². The number of thiazole rings is 1. The highest BCUT2D eigenvalue weighted by Crippen LogP contribution is 2.40. The van der Waals surface area contributed by atoms with E-state index >= 15 is 0 Å². The van der Waals surface area contributed by atoms with Gasteiger partial charge in [-0.15, -0.1) is 11.3 Å². The Hall–Kier alpha value is -2.48. The van der Waals surface area contributed by atoms with E-state index in [9.17, 15) is 14.9 Å². The maximum absolute atomic E-state index is 12.2. The zero-order valence-electron chi connectivity index (χ0n) is 17.1. The fraction of sp³-hybridized carbons (Fsp3) is 0.524. The molecule has 1 aromatic heterocycles. The van der Waals surface area contributed by atoms with E-state index in [2.05, 4.69) is 31.1 Å². The molecular formula is C21H27N3O4S. The molecule has 0 saturated carbocycles. The van der Waals surface area contributed by atoms with Crippen LogP contribution in [0.5, 0.6) is 5.75 Å². The maximum atomic E-state index is 12.2. The van der Waals surface area contributed by atoms with Crippen molar-refractivity contribution in [2.75, 3.05) is 11.9 Å². The number of nitro groups is 1. The number of nitro benzene ring substituents is 1. The van der Waals surface area contributed by atoms with Crippen molar-refractivity contribution in [1.29, 1.82) is 0 Å². The molecule has 1 unspecified atom stereocenters. The molecule has 1 aliphatic rings. The van der Waals surface area contributed by atoms with Crippen molar-refractivity contribution in [3.63, 3.8) is 0 Å². The quantitative estimate of drug-likeness (QED) is 0.389. The second-order valence-electron chi connectivity index (χ2n) is 8.42. The molecule has 0 fully saturated rings. The van der Waals surface area contributed by atoms with Gasteiger partial charge in [-0.05, 0) is 43.1 Å². The van der Waals surface area contributed by atoms with E-state index < -0.39 is 4.92 Å². The van der Waals surface area contributed by atoms with Gasteiger partial charge < -0.3 is 10.1 Å². The third-order valence-electron chi connectivity index (χ3n) is 5.28. The molecule has 0 spiro atoms. The molecule has 1 amide bonds. The van der Waals surface area contributed by atoms with Crippen LogP contribution in [0.2, 0.25) is 0 Å². The number of carbonyl (C=O) groups is 1. The summed E-state index contributed by atoms with van der Waals surface area (Å²) in [6.45, 7) is 7.06. The summed E-state index contributed by atoms with van der Waals surface area (Å²) in [5.74, 6) is 0.742. The van der Waals surface area contributed by atoms with Gasteiger partial charge in [-0.1, -0.05) is 32.9 Å². The number of ether oxygens (including phenoxy) is 1. The predicted molar refractivity (Wildman–Crippen MR) is 114 cm³/mol. The minimum Gasteiger partial charge on any atom is -0.487 e. The summed E-state index contributed by atoms with van der Waals surface area (Å²) in [5, 5.41) is 14.5. The summed E-state index contributed by atoms with van der Waals surface area (Å²) in [6, 6.07) is 6.24. The first kappa shape index (κ1) is 21.2. The molecule has 3 rings (SSSR count). The lowest BCUT2D eigenvalue weighted by Crippen LogP contribution is -2.26. The van der Waals surface area contributed by atoms with Gasteiger partial charge in [0.2, 0.25) is 5.91 Å². The summed E-state index contributed by atoms with van der Waals surface area (Å²) in [7, 11) is 0. The van der Waals surface area contributed by atoms with E-state index in [1.54, 1.807) is 29.5 Å². The molecule has 29 heavy (non-hydrogen) atoms. The van der Waals surface area contributed by atoms with Gasteiger partial charge in [0.25, 0.3) is 0 Å². The van der Waals surface area contributed by atoms with Crippen molar-refractivity contribution in [2.45, 2.75) is 52.9 Å². The number of benzene rings is 1. The van der Waals surface area contributed by atoms with Crippen LogP contribution < -0.4 is 10.1 Å². The van der Waals surface area contributed by atoms with E-state index in [1.807, 2.05) is 0 Å². The number of anilines is 1. The maximum Gasteiger partial charge on any atom is 0.310 e. The minimum absolute atomic E-state index is 0.0705. The highest BCUT2D eigenvalue weighted by molar-refractivity contribution is 7.15. The Morgan fingerprint density at radius 2 is 2.14 bits per heavy atom. The van der Waals surface area contributed by atoms with Gasteiger partial charge in [0.1, 0.15) is 0 Å². The van der Waals surface area contributed by atoms with Gasteiger partial charge in [0, 0.05) is 17.4 Å². The number of carbonyl (C=O) groups excluding carboxylic acids is 1. The highest BCUT2D eigenvalue weighted by Gasteiger charge is 2.30. The average Bonchev–Trinajstić information content (AvgIpc) is 3.06. The van der Waals surface area contributed by atoms with Crippen LogP contribution >= 0.6 is 11.3 Å². The number of hydrogen-bond acceptors (Lipinski definition) is 6. The molecule has 0 bridgehead atoms. The Labute approximate surface area is 174 Å². The average molecular weight is 418 g/mol. The number of para-hydroxylation sites is 2. The second kappa shape index (κ2) is 8.90. The smallest absolute Gasteiger partial charge is 0.310 e. The minimum atomic E-state index is -0.476. The normalized spacial score (nSPS) is 16.2. The van der Waals surface area contributed by atoms with Crippen LogP contribution in [0, 0.1) is 21.4 Å². The lowest BCUT2D eigenvalue weighted by atomic mass is 9.73. The summed E-state index contributed by atoms with van der Waals surface area (Å²) in [6.07, 6.45) is 3.87. The van der Waals surface area contributed by atoms with Gasteiger partial charge in [-0.25, -0.2) is 4.98 Å². The first-order chi connectivity index (χ1) is 13.7. The van der Waals surface area contributed by atoms with E-state index in [4.69, 9.17) is 4.74 Å². The summed E-state index contributed by atoms with van der Waals surface area (Å²) < 4.78 is 5.47. The standard InChI is InChI=1S/C21H27N3O4S/c1-21(2,3)14-10-11-15-18(13-14)29-20(22-15)23-19(25)9-6-12-28-17-8-5-4-7-16(17)24(26)27/h4-5,7-8,14H,6,9-13H2,1-3H3,(H,22,23,25). The van der Waals surface area contributed by atoms with Crippen LogP contribution in [0.15, 0.2) is 24.3 Å². The highest BCUT2D eigenvalue weighted by atomic mass is 32.1. The van der Waals surface area contributed by atoms with Crippen LogP contribution in [0.4, 0.5) is 10.8 Å². The van der Waals surface area contributed by atoms with E-state index in [0.717, 1.165) is 25.0 Å². The van der Waals surface area contributed by atoms with Gasteiger partial charge in [-0.2, -0.15) is 0 Å². The lowest BCUT2D eigenvalue weighted by molar-refractivity contribution is -0.385. The molecule has 2 aromatic rings. The molecule has 7 nitrogen and oxygen atoms in total. The second-order valence-corrected chi connectivity index (χ2v) is 9.50. The fourth-order valence-corrected chi connectivity index (χ4v) is 4.60. The number of rotatable bonds is 7. The molecule has 156 valence electrons. The Morgan fingerprint density at radius 1 is 1.38 bits per heavy atom. The van der Waals surface area contributed by atoms with E-state index in [-0.39, 0.29) is 35.8 Å². The molecule has 1 aliphatic carbocycles. The summed E-state index contributed by atoms with van der Waals surface area (Å²) in [5.41, 5.74) is 1.32. The molecule has 1 atom stereocenters. The third-order valence-corrected chi connectivity index (χ3v) is 6.31. The van der Waals surface area contributed by atoms with Crippen LogP contribution in [0.3, 0.4) is 0 Å². The van der Waals surface area contributed by atoms with E-state index in [0.29, 0.717) is 17.5 Å².